The van der Waals surface area contributed by atoms with Crippen LogP contribution in [0.3, 0.4) is 0 Å². The number of amides is 1. The van der Waals surface area contributed by atoms with Crippen molar-refractivity contribution in [3.05, 3.63) is 35.4 Å². The molecule has 1 aromatic carbocycles. The number of carbonyl (C=O) groups excluding carboxylic acids is 1. The molecule has 0 saturated carbocycles. The van der Waals surface area contributed by atoms with Crippen LogP contribution in [0.25, 0.3) is 0 Å². The topological polar surface area (TPSA) is 73.6 Å². The predicted molar refractivity (Wildman–Crippen MR) is 117 cm³/mol. The Hall–Kier alpha value is -0.730. The standard InChI is InChI=1S/C20H34N2O3S2/c1-16(17-7-5-6-8-18(17)20(2,3)4)27-26-14-10-22-19(23)15-25-13-12-24-11-9-21/h5-8,16H,9-15,21H2,1-4H3,(H,22,23). The second-order valence-corrected chi connectivity index (χ2v) is 10.0. The molecule has 0 radical (unpaired) electrons. The third kappa shape index (κ3) is 10.4. The van der Waals surface area contributed by atoms with Crippen LogP contribution in [-0.2, 0) is 19.7 Å². The van der Waals surface area contributed by atoms with Gasteiger partial charge in [-0.1, -0.05) is 66.6 Å². The molecule has 0 saturated heterocycles. The number of hydrogen-bond acceptors (Lipinski definition) is 6. The van der Waals surface area contributed by atoms with Gasteiger partial charge in [0.05, 0.1) is 19.8 Å². The molecule has 0 spiro atoms. The summed E-state index contributed by atoms with van der Waals surface area (Å²) in [6, 6.07) is 8.65. The van der Waals surface area contributed by atoms with Crippen molar-refractivity contribution in [2.75, 3.05) is 45.3 Å². The van der Waals surface area contributed by atoms with Crippen LogP contribution < -0.4 is 11.1 Å². The number of carbonyl (C=O) groups is 1. The maximum Gasteiger partial charge on any atom is 0.246 e. The van der Waals surface area contributed by atoms with Crippen LogP contribution in [0.5, 0.6) is 0 Å². The van der Waals surface area contributed by atoms with Crippen molar-refractivity contribution in [1.82, 2.24) is 5.32 Å². The lowest BCUT2D eigenvalue weighted by molar-refractivity contribution is -0.126. The molecule has 1 rings (SSSR count). The van der Waals surface area contributed by atoms with E-state index in [4.69, 9.17) is 15.2 Å². The average Bonchev–Trinajstić information content (AvgIpc) is 2.63. The fraction of sp³-hybridized carbons (Fsp3) is 0.650. The lowest BCUT2D eigenvalue weighted by atomic mass is 9.83. The van der Waals surface area contributed by atoms with Gasteiger partial charge in [-0.2, -0.15) is 0 Å². The molecule has 0 aliphatic rings. The third-order valence-electron chi connectivity index (χ3n) is 3.79. The van der Waals surface area contributed by atoms with E-state index in [1.54, 1.807) is 10.8 Å². The van der Waals surface area contributed by atoms with Crippen LogP contribution >= 0.6 is 21.6 Å². The molecule has 0 heterocycles. The average molecular weight is 415 g/mol. The van der Waals surface area contributed by atoms with Crippen LogP contribution in [-0.4, -0.2) is 51.2 Å². The first-order valence-electron chi connectivity index (χ1n) is 9.36. The minimum absolute atomic E-state index is 0.0686. The summed E-state index contributed by atoms with van der Waals surface area (Å²) in [6.45, 7) is 11.6. The number of hydrogen-bond donors (Lipinski definition) is 2. The number of nitrogens with one attached hydrogen (secondary N) is 1. The Morgan fingerprint density at radius 3 is 2.59 bits per heavy atom. The Bertz CT molecular complexity index is 550. The highest BCUT2D eigenvalue weighted by atomic mass is 33.1. The van der Waals surface area contributed by atoms with Crippen LogP contribution in [0.2, 0.25) is 0 Å². The maximum atomic E-state index is 11.7. The van der Waals surface area contributed by atoms with Gasteiger partial charge >= 0.3 is 0 Å². The Morgan fingerprint density at radius 1 is 1.19 bits per heavy atom. The van der Waals surface area contributed by atoms with Crippen LogP contribution in [0.4, 0.5) is 0 Å². The van der Waals surface area contributed by atoms with E-state index in [0.29, 0.717) is 38.2 Å². The Balaban J connectivity index is 2.19. The van der Waals surface area contributed by atoms with Gasteiger partial charge in [0.15, 0.2) is 0 Å². The van der Waals surface area contributed by atoms with E-state index in [1.807, 2.05) is 10.8 Å². The van der Waals surface area contributed by atoms with Crippen molar-refractivity contribution in [2.45, 2.75) is 38.4 Å². The third-order valence-corrected chi connectivity index (χ3v) is 6.62. The zero-order valence-corrected chi connectivity index (χ0v) is 18.6. The SMILES string of the molecule is CC(SSCCNC(=O)COCCOCCN)c1ccccc1C(C)(C)C. The van der Waals surface area contributed by atoms with Gasteiger partial charge in [-0.15, -0.1) is 0 Å². The first-order chi connectivity index (χ1) is 12.9. The highest BCUT2D eigenvalue weighted by Crippen LogP contribution is 2.41. The molecule has 1 aromatic rings. The van der Waals surface area contributed by atoms with Crippen LogP contribution in [0.15, 0.2) is 24.3 Å². The van der Waals surface area contributed by atoms with E-state index in [2.05, 4.69) is 57.3 Å². The summed E-state index contributed by atoms with van der Waals surface area (Å²) in [4.78, 5) is 11.7. The van der Waals surface area contributed by atoms with Crippen molar-refractivity contribution in [1.29, 1.82) is 0 Å². The summed E-state index contributed by atoms with van der Waals surface area (Å²) in [5, 5.41) is 3.28. The molecule has 1 unspecified atom stereocenters. The van der Waals surface area contributed by atoms with E-state index in [9.17, 15) is 4.79 Å². The molecule has 1 amide bonds. The molecular weight excluding hydrogens is 380 g/mol. The zero-order valence-electron chi connectivity index (χ0n) is 17.0. The number of ether oxygens (including phenoxy) is 2. The highest BCUT2D eigenvalue weighted by Gasteiger charge is 2.20. The van der Waals surface area contributed by atoms with Gasteiger partial charge < -0.3 is 20.5 Å². The fourth-order valence-electron chi connectivity index (χ4n) is 2.49. The second kappa shape index (κ2) is 13.4. The second-order valence-electron chi connectivity index (χ2n) is 7.20. The molecule has 0 aromatic heterocycles. The smallest absolute Gasteiger partial charge is 0.246 e. The Labute approximate surface area is 171 Å². The molecular formula is C20H34N2O3S2. The molecule has 5 nitrogen and oxygen atoms in total. The van der Waals surface area contributed by atoms with Crippen molar-refractivity contribution in [2.24, 2.45) is 5.73 Å². The van der Waals surface area contributed by atoms with Gasteiger partial charge in [0.1, 0.15) is 6.61 Å². The minimum Gasteiger partial charge on any atom is -0.378 e. The van der Waals surface area contributed by atoms with E-state index in [0.717, 1.165) is 5.75 Å². The van der Waals surface area contributed by atoms with E-state index in [-0.39, 0.29) is 17.9 Å². The first-order valence-corrected chi connectivity index (χ1v) is 11.7. The molecule has 1 atom stereocenters. The summed E-state index contributed by atoms with van der Waals surface area (Å²) in [7, 11) is 3.63. The van der Waals surface area contributed by atoms with E-state index in [1.165, 1.54) is 11.1 Å². The maximum absolute atomic E-state index is 11.7. The molecule has 3 N–H and O–H groups in total. The zero-order chi connectivity index (χ0) is 20.1. The quantitative estimate of drug-likeness (QED) is 0.380. The monoisotopic (exact) mass is 414 g/mol. The normalized spacial score (nSPS) is 12.8. The predicted octanol–water partition coefficient (Wildman–Crippen LogP) is 3.53. The van der Waals surface area contributed by atoms with Gasteiger partial charge in [-0.3, -0.25) is 4.79 Å². The Kier molecular flexibility index (Phi) is 12.1. The highest BCUT2D eigenvalue weighted by molar-refractivity contribution is 8.76. The summed E-state index contributed by atoms with van der Waals surface area (Å²) in [5.74, 6) is 0.767. The molecule has 0 aliphatic heterocycles. The van der Waals surface area contributed by atoms with Gasteiger partial charge in [-0.25, -0.2) is 0 Å². The lowest BCUT2D eigenvalue weighted by Gasteiger charge is -2.25. The molecule has 154 valence electrons. The molecule has 0 aliphatic carbocycles. The number of nitrogens with two attached hydrogens (primary N) is 1. The molecule has 7 heteroatoms. The van der Waals surface area contributed by atoms with Crippen molar-refractivity contribution in [3.8, 4) is 0 Å². The van der Waals surface area contributed by atoms with Gasteiger partial charge in [0.25, 0.3) is 0 Å². The molecule has 0 bridgehead atoms. The van der Waals surface area contributed by atoms with E-state index >= 15 is 0 Å². The summed E-state index contributed by atoms with van der Waals surface area (Å²) in [5.41, 5.74) is 8.23. The van der Waals surface area contributed by atoms with Gasteiger partial charge in [-0.05, 0) is 23.5 Å². The number of benzene rings is 1. The fourth-order valence-corrected chi connectivity index (χ4v) is 4.74. The van der Waals surface area contributed by atoms with Crippen LogP contribution in [0.1, 0.15) is 44.1 Å². The Morgan fingerprint density at radius 2 is 1.89 bits per heavy atom. The molecule has 27 heavy (non-hydrogen) atoms. The molecule has 0 fully saturated rings. The number of rotatable bonds is 13. The van der Waals surface area contributed by atoms with Gasteiger partial charge in [0.2, 0.25) is 5.91 Å². The van der Waals surface area contributed by atoms with Crippen LogP contribution in [0, 0.1) is 0 Å². The summed E-state index contributed by atoms with van der Waals surface area (Å²) >= 11 is 0. The summed E-state index contributed by atoms with van der Waals surface area (Å²) < 4.78 is 10.4. The lowest BCUT2D eigenvalue weighted by Crippen LogP contribution is -2.30. The van der Waals surface area contributed by atoms with Crippen molar-refractivity contribution in [3.63, 3.8) is 0 Å². The van der Waals surface area contributed by atoms with Gasteiger partial charge in [0, 0.05) is 24.1 Å². The van der Waals surface area contributed by atoms with Crippen molar-refractivity contribution >= 4 is 27.5 Å². The van der Waals surface area contributed by atoms with Crippen molar-refractivity contribution < 1.29 is 14.3 Å². The minimum atomic E-state index is -0.0921. The largest absolute Gasteiger partial charge is 0.378 e. The summed E-state index contributed by atoms with van der Waals surface area (Å²) in [6.07, 6.45) is 0. The first kappa shape index (κ1) is 24.3. The van der Waals surface area contributed by atoms with E-state index < -0.39 is 0 Å².